The van der Waals surface area contributed by atoms with E-state index < -0.39 is 0 Å². The van der Waals surface area contributed by atoms with Crippen molar-refractivity contribution < 1.29 is 9.53 Å². The normalized spacial score (nSPS) is 22.3. The van der Waals surface area contributed by atoms with Gasteiger partial charge in [0.2, 0.25) is 0 Å². The number of carbonyl (C=O) groups excluding carboxylic acids is 1. The van der Waals surface area contributed by atoms with Crippen LogP contribution in [0.4, 0.5) is 0 Å². The molecule has 0 radical (unpaired) electrons. The van der Waals surface area contributed by atoms with Gasteiger partial charge in [-0.1, -0.05) is 6.07 Å². The van der Waals surface area contributed by atoms with E-state index in [0.717, 1.165) is 36.2 Å². The highest BCUT2D eigenvalue weighted by atomic mass is 32.1. The zero-order chi connectivity index (χ0) is 15.6. The van der Waals surface area contributed by atoms with Crippen molar-refractivity contribution in [3.8, 4) is 0 Å². The Hall–Kier alpha value is -1.08. The number of nitrogens with zero attached hydrogens (tertiary/aromatic N) is 2. The van der Waals surface area contributed by atoms with Crippen LogP contribution in [0.1, 0.15) is 45.6 Å². The fourth-order valence-corrected chi connectivity index (χ4v) is 4.62. The van der Waals surface area contributed by atoms with Gasteiger partial charge >= 0.3 is 0 Å². The van der Waals surface area contributed by atoms with Crippen molar-refractivity contribution in [2.45, 2.75) is 37.8 Å². The molecule has 23 heavy (non-hydrogen) atoms. The van der Waals surface area contributed by atoms with Crippen molar-refractivity contribution in [2.24, 2.45) is 0 Å². The maximum atomic E-state index is 12.4. The van der Waals surface area contributed by atoms with Crippen LogP contribution in [0.25, 0.3) is 0 Å². The third kappa shape index (κ3) is 3.71. The summed E-state index contributed by atoms with van der Waals surface area (Å²) in [6.07, 6.45) is 3.12. The second kappa shape index (κ2) is 6.81. The minimum Gasteiger partial charge on any atom is -0.378 e. The van der Waals surface area contributed by atoms with Crippen LogP contribution in [0, 0.1) is 0 Å². The molecule has 1 saturated carbocycles. The van der Waals surface area contributed by atoms with Crippen molar-refractivity contribution >= 4 is 28.5 Å². The molecule has 0 N–H and O–H groups in total. The van der Waals surface area contributed by atoms with Gasteiger partial charge in [0.1, 0.15) is 0 Å². The maximum absolute atomic E-state index is 12.4. The number of ether oxygens (including phenoxy) is 1. The van der Waals surface area contributed by atoms with E-state index in [-0.39, 0.29) is 11.8 Å². The molecule has 0 bridgehead atoms. The highest BCUT2D eigenvalue weighted by molar-refractivity contribution is 7.12. The van der Waals surface area contributed by atoms with Crippen LogP contribution in [0.15, 0.2) is 22.9 Å². The summed E-state index contributed by atoms with van der Waals surface area (Å²) in [5.74, 6) is 0.937. The van der Waals surface area contributed by atoms with Gasteiger partial charge in [-0.05, 0) is 24.3 Å². The molecule has 0 spiro atoms. The van der Waals surface area contributed by atoms with Crippen LogP contribution in [0.2, 0.25) is 0 Å². The fourth-order valence-electron chi connectivity index (χ4n) is 2.96. The predicted molar refractivity (Wildman–Crippen MR) is 92.4 cm³/mol. The van der Waals surface area contributed by atoms with E-state index in [0.29, 0.717) is 13.0 Å². The molecule has 2 aliphatic rings. The van der Waals surface area contributed by atoms with Crippen molar-refractivity contribution in [3.63, 3.8) is 0 Å². The number of thiophene rings is 1. The van der Waals surface area contributed by atoms with Crippen LogP contribution < -0.4 is 0 Å². The maximum Gasteiger partial charge on any atom is 0.174 e. The van der Waals surface area contributed by atoms with Gasteiger partial charge in [-0.3, -0.25) is 9.69 Å². The molecule has 0 amide bonds. The molecule has 2 aromatic rings. The predicted octanol–water partition coefficient (Wildman–Crippen LogP) is 3.56. The summed E-state index contributed by atoms with van der Waals surface area (Å²) in [6.45, 7) is 3.08. The van der Waals surface area contributed by atoms with E-state index in [1.807, 2.05) is 17.5 Å². The quantitative estimate of drug-likeness (QED) is 0.749. The van der Waals surface area contributed by atoms with Crippen LogP contribution in [0.5, 0.6) is 0 Å². The lowest BCUT2D eigenvalue weighted by molar-refractivity contribution is -0.0130. The number of carbonyl (C=O) groups is 1. The Bertz CT molecular complexity index is 664. The topological polar surface area (TPSA) is 42.4 Å². The first-order chi connectivity index (χ1) is 11.3. The molecular weight excluding hydrogens is 328 g/mol. The average Bonchev–Trinajstić information content (AvgIpc) is 3.08. The smallest absolute Gasteiger partial charge is 0.174 e. The van der Waals surface area contributed by atoms with E-state index >= 15 is 0 Å². The summed E-state index contributed by atoms with van der Waals surface area (Å²) in [6, 6.07) is 4.00. The number of Topliss-reactive ketones (excluding diaryl/α,β-unsaturated/α-hetero) is 1. The second-order valence-corrected chi connectivity index (χ2v) is 8.09. The van der Waals surface area contributed by atoms with Gasteiger partial charge in [-0.2, -0.15) is 0 Å². The Balaban J connectivity index is 1.41. The lowest BCUT2D eigenvalue weighted by Gasteiger charge is -2.34. The average molecular weight is 348 g/mol. The van der Waals surface area contributed by atoms with Crippen molar-refractivity contribution in [2.75, 3.05) is 19.8 Å². The van der Waals surface area contributed by atoms with Crippen molar-refractivity contribution in [1.29, 1.82) is 0 Å². The third-order valence-corrected chi connectivity index (χ3v) is 6.39. The Morgan fingerprint density at radius 2 is 2.30 bits per heavy atom. The standard InChI is InChI=1S/C17H20N2O2S2/c20-15(16-2-1-7-22-16)8-14-10-21-6-5-19(14)9-13-11-23-17(18-13)12-3-4-12/h1-2,7,11-12,14H,3-6,8-10H2. The first-order valence-electron chi connectivity index (χ1n) is 8.12. The van der Waals surface area contributed by atoms with Crippen LogP contribution in [0.3, 0.4) is 0 Å². The van der Waals surface area contributed by atoms with Gasteiger partial charge in [0.05, 0.1) is 28.8 Å². The molecule has 1 aliphatic heterocycles. The molecule has 6 heteroatoms. The van der Waals surface area contributed by atoms with E-state index in [9.17, 15) is 4.79 Å². The van der Waals surface area contributed by atoms with Gasteiger partial charge < -0.3 is 4.74 Å². The summed E-state index contributed by atoms with van der Waals surface area (Å²) >= 11 is 3.31. The van der Waals surface area contributed by atoms with Crippen LogP contribution >= 0.6 is 22.7 Å². The lowest BCUT2D eigenvalue weighted by Crippen LogP contribution is -2.45. The van der Waals surface area contributed by atoms with Gasteiger partial charge in [0.15, 0.2) is 5.78 Å². The number of hydrogen-bond donors (Lipinski definition) is 0. The number of aromatic nitrogens is 1. The molecule has 2 aromatic heterocycles. The largest absolute Gasteiger partial charge is 0.378 e. The molecular formula is C17H20N2O2S2. The fraction of sp³-hybridized carbons (Fsp3) is 0.529. The first kappa shape index (κ1) is 15.4. The third-order valence-electron chi connectivity index (χ3n) is 4.43. The summed E-state index contributed by atoms with van der Waals surface area (Å²) in [5.41, 5.74) is 1.15. The lowest BCUT2D eigenvalue weighted by atomic mass is 10.1. The summed E-state index contributed by atoms with van der Waals surface area (Å²) in [4.78, 5) is 20.4. The Kier molecular flexibility index (Phi) is 4.57. The van der Waals surface area contributed by atoms with Crippen LogP contribution in [-0.2, 0) is 11.3 Å². The zero-order valence-electron chi connectivity index (χ0n) is 12.9. The molecule has 1 atom stereocenters. The van der Waals surface area contributed by atoms with Gasteiger partial charge in [0.25, 0.3) is 0 Å². The highest BCUT2D eigenvalue weighted by Crippen LogP contribution is 2.41. The molecule has 3 heterocycles. The molecule has 4 rings (SSSR count). The van der Waals surface area contributed by atoms with Gasteiger partial charge in [-0.25, -0.2) is 4.98 Å². The van der Waals surface area contributed by atoms with E-state index in [4.69, 9.17) is 9.72 Å². The molecule has 2 fully saturated rings. The number of ketones is 1. The van der Waals surface area contributed by atoms with E-state index in [2.05, 4.69) is 10.3 Å². The molecule has 4 nitrogen and oxygen atoms in total. The monoisotopic (exact) mass is 348 g/mol. The molecule has 1 unspecified atom stereocenters. The van der Waals surface area contributed by atoms with Gasteiger partial charge in [-0.15, -0.1) is 22.7 Å². The summed E-state index contributed by atoms with van der Waals surface area (Å²) < 4.78 is 5.61. The minimum atomic E-state index is 0.157. The Morgan fingerprint density at radius 1 is 1.39 bits per heavy atom. The number of morpholine rings is 1. The Labute approximate surface area is 144 Å². The van der Waals surface area contributed by atoms with Crippen LogP contribution in [-0.4, -0.2) is 41.5 Å². The van der Waals surface area contributed by atoms with Crippen molar-refractivity contribution in [1.82, 2.24) is 9.88 Å². The number of hydrogen-bond acceptors (Lipinski definition) is 6. The van der Waals surface area contributed by atoms with E-state index in [1.165, 1.54) is 29.2 Å². The zero-order valence-corrected chi connectivity index (χ0v) is 14.6. The molecule has 122 valence electrons. The summed E-state index contributed by atoms with van der Waals surface area (Å²) in [7, 11) is 0. The molecule has 0 aromatic carbocycles. The van der Waals surface area contributed by atoms with Crippen molar-refractivity contribution in [3.05, 3.63) is 38.5 Å². The SMILES string of the molecule is O=C(CC1COCCN1Cc1csc(C2CC2)n1)c1cccs1. The number of rotatable bonds is 6. The highest BCUT2D eigenvalue weighted by Gasteiger charge is 2.29. The molecule has 1 saturated heterocycles. The van der Waals surface area contributed by atoms with Gasteiger partial charge in [0, 0.05) is 36.9 Å². The first-order valence-corrected chi connectivity index (χ1v) is 9.88. The second-order valence-electron chi connectivity index (χ2n) is 6.26. The summed E-state index contributed by atoms with van der Waals surface area (Å²) in [5, 5.41) is 5.43. The van der Waals surface area contributed by atoms with E-state index in [1.54, 1.807) is 11.3 Å². The minimum absolute atomic E-state index is 0.157. The Morgan fingerprint density at radius 3 is 3.09 bits per heavy atom. The molecule has 1 aliphatic carbocycles. The number of thiazole rings is 1.